The Balaban J connectivity index is 1.52. The summed E-state index contributed by atoms with van der Waals surface area (Å²) in [4.78, 5) is 38.9. The van der Waals surface area contributed by atoms with Crippen LogP contribution >= 0.6 is 0 Å². The van der Waals surface area contributed by atoms with Gasteiger partial charge in [-0.25, -0.2) is 5.43 Å². The summed E-state index contributed by atoms with van der Waals surface area (Å²) in [7, 11) is 3.28. The van der Waals surface area contributed by atoms with Crippen LogP contribution in [0.4, 0.5) is 0 Å². The number of likely N-dealkylation sites (tertiary alicyclic amines) is 1. The van der Waals surface area contributed by atoms with Gasteiger partial charge in [-0.2, -0.15) is 5.10 Å². The first-order chi connectivity index (χ1) is 16.0. The molecule has 0 radical (unpaired) electrons. The van der Waals surface area contributed by atoms with Crippen LogP contribution in [0.15, 0.2) is 53.6 Å². The highest BCUT2D eigenvalue weighted by Crippen LogP contribution is 2.36. The molecule has 1 fully saturated rings. The molecule has 2 aliphatic rings. The number of carbonyl (C=O) groups is 3. The maximum absolute atomic E-state index is 12.9. The van der Waals surface area contributed by atoms with Gasteiger partial charge in [0.25, 0.3) is 5.91 Å². The van der Waals surface area contributed by atoms with Gasteiger partial charge in [0.15, 0.2) is 0 Å². The van der Waals surface area contributed by atoms with Gasteiger partial charge in [-0.1, -0.05) is 42.5 Å². The van der Waals surface area contributed by atoms with Gasteiger partial charge in [0.05, 0.1) is 12.5 Å². The highest BCUT2D eigenvalue weighted by atomic mass is 16.5. The molecule has 0 saturated carbocycles. The summed E-state index contributed by atoms with van der Waals surface area (Å²) in [6.07, 6.45) is 1.65. The molecule has 0 bridgehead atoms. The fourth-order valence-electron chi connectivity index (χ4n) is 4.61. The van der Waals surface area contributed by atoms with Crippen LogP contribution in [0.3, 0.4) is 0 Å². The van der Waals surface area contributed by atoms with Crippen molar-refractivity contribution >= 4 is 23.4 Å². The molecule has 2 N–H and O–H groups in total. The van der Waals surface area contributed by atoms with E-state index in [9.17, 15) is 14.4 Å². The summed E-state index contributed by atoms with van der Waals surface area (Å²) in [5.74, 6) is 0.320. The standard InChI is InChI=1S/C25H28N4O4/c1-26-24(32)25(13-14-29(16-25)23(31)20-11-12-22(30)28-27-20)15-17-7-9-18(10-8-17)19-5-3-4-6-21(19)33-2/h3-10H,11-16H2,1-2H3,(H,26,32)(H,28,30). The summed E-state index contributed by atoms with van der Waals surface area (Å²) in [5, 5.41) is 6.70. The quantitative estimate of drug-likeness (QED) is 0.707. The molecule has 0 aromatic heterocycles. The number of hydrogen-bond acceptors (Lipinski definition) is 5. The van der Waals surface area contributed by atoms with Crippen molar-refractivity contribution in [2.24, 2.45) is 10.5 Å². The van der Waals surface area contributed by atoms with Gasteiger partial charge < -0.3 is 15.0 Å². The van der Waals surface area contributed by atoms with Gasteiger partial charge in [0.2, 0.25) is 11.8 Å². The van der Waals surface area contributed by atoms with Crippen LogP contribution in [0.2, 0.25) is 0 Å². The minimum atomic E-state index is -0.713. The van der Waals surface area contributed by atoms with Crippen molar-refractivity contribution in [3.8, 4) is 16.9 Å². The first-order valence-corrected chi connectivity index (χ1v) is 11.0. The number of ether oxygens (including phenoxy) is 1. The van der Waals surface area contributed by atoms with Crippen LogP contribution in [0.1, 0.15) is 24.8 Å². The Kier molecular flexibility index (Phi) is 6.44. The highest BCUT2D eigenvalue weighted by Gasteiger charge is 2.46. The Bertz CT molecular complexity index is 1100. The molecule has 8 nitrogen and oxygen atoms in total. The van der Waals surface area contributed by atoms with Crippen LogP contribution < -0.4 is 15.5 Å². The van der Waals surface area contributed by atoms with Gasteiger partial charge in [-0.05, 0) is 30.0 Å². The second kappa shape index (κ2) is 9.44. The van der Waals surface area contributed by atoms with Gasteiger partial charge in [0, 0.05) is 38.5 Å². The number of hydrogen-bond donors (Lipinski definition) is 2. The van der Waals surface area contributed by atoms with Gasteiger partial charge in [-0.3, -0.25) is 14.4 Å². The molecule has 33 heavy (non-hydrogen) atoms. The van der Waals surface area contributed by atoms with Crippen LogP contribution in [-0.2, 0) is 20.8 Å². The zero-order valence-electron chi connectivity index (χ0n) is 18.9. The third-order valence-electron chi connectivity index (χ3n) is 6.42. The minimum Gasteiger partial charge on any atom is -0.496 e. The first kappa shape index (κ1) is 22.5. The van der Waals surface area contributed by atoms with Crippen molar-refractivity contribution in [2.75, 3.05) is 27.2 Å². The number of nitrogens with zero attached hydrogens (tertiary/aromatic N) is 2. The van der Waals surface area contributed by atoms with Crippen LogP contribution in [-0.4, -0.2) is 55.6 Å². The molecule has 8 heteroatoms. The van der Waals surface area contributed by atoms with Crippen molar-refractivity contribution in [2.45, 2.75) is 25.7 Å². The average Bonchev–Trinajstić information content (AvgIpc) is 3.29. The topological polar surface area (TPSA) is 100 Å². The molecule has 172 valence electrons. The van der Waals surface area contributed by atoms with E-state index >= 15 is 0 Å². The fourth-order valence-corrected chi connectivity index (χ4v) is 4.61. The Labute approximate surface area is 193 Å². The number of nitrogens with one attached hydrogen (secondary N) is 2. The van der Waals surface area contributed by atoms with E-state index in [1.807, 2.05) is 48.5 Å². The van der Waals surface area contributed by atoms with Crippen LogP contribution in [0, 0.1) is 5.41 Å². The van der Waals surface area contributed by atoms with E-state index < -0.39 is 5.41 Å². The van der Waals surface area contributed by atoms with Gasteiger partial charge >= 0.3 is 0 Å². The van der Waals surface area contributed by atoms with E-state index in [-0.39, 0.29) is 24.1 Å². The first-order valence-electron chi connectivity index (χ1n) is 11.0. The molecular formula is C25H28N4O4. The third-order valence-corrected chi connectivity index (χ3v) is 6.42. The number of carbonyl (C=O) groups excluding carboxylic acids is 3. The zero-order valence-corrected chi connectivity index (χ0v) is 18.9. The SMILES string of the molecule is CNC(=O)C1(Cc2ccc(-c3ccccc3OC)cc2)CCN(C(=O)C2=NNC(=O)CC2)C1. The molecule has 2 aromatic carbocycles. The normalized spacial score (nSPS) is 20.1. The predicted octanol–water partition coefficient (Wildman–Crippen LogP) is 2.14. The zero-order chi connectivity index (χ0) is 23.4. The number of rotatable bonds is 6. The van der Waals surface area contributed by atoms with E-state index in [4.69, 9.17) is 4.74 Å². The lowest BCUT2D eigenvalue weighted by Gasteiger charge is -2.28. The molecule has 4 rings (SSSR count). The second-order valence-corrected chi connectivity index (χ2v) is 8.50. The number of methoxy groups -OCH3 is 1. The molecule has 1 unspecified atom stereocenters. The van der Waals surface area contributed by atoms with Crippen LogP contribution in [0.25, 0.3) is 11.1 Å². The van der Waals surface area contributed by atoms with Crippen molar-refractivity contribution in [1.29, 1.82) is 0 Å². The summed E-state index contributed by atoms with van der Waals surface area (Å²) in [6, 6.07) is 16.0. The average molecular weight is 449 g/mol. The maximum atomic E-state index is 12.9. The molecule has 0 spiro atoms. The predicted molar refractivity (Wildman–Crippen MR) is 125 cm³/mol. The summed E-state index contributed by atoms with van der Waals surface area (Å²) in [6.45, 7) is 0.783. The molecular weight excluding hydrogens is 420 g/mol. The van der Waals surface area contributed by atoms with Crippen LogP contribution in [0.5, 0.6) is 5.75 Å². The van der Waals surface area contributed by atoms with Crippen molar-refractivity contribution < 1.29 is 19.1 Å². The number of hydrazone groups is 1. The summed E-state index contributed by atoms with van der Waals surface area (Å²) < 4.78 is 5.47. The van der Waals surface area contributed by atoms with E-state index in [1.54, 1.807) is 19.1 Å². The molecule has 3 amide bonds. The molecule has 1 atom stereocenters. The lowest BCUT2D eigenvalue weighted by molar-refractivity contribution is -0.130. The lowest BCUT2D eigenvalue weighted by atomic mass is 9.79. The number of benzene rings is 2. The van der Waals surface area contributed by atoms with E-state index in [2.05, 4.69) is 15.8 Å². The Morgan fingerprint density at radius 3 is 2.58 bits per heavy atom. The molecule has 0 aliphatic carbocycles. The third kappa shape index (κ3) is 4.60. The summed E-state index contributed by atoms with van der Waals surface area (Å²) in [5.41, 5.74) is 5.05. The monoisotopic (exact) mass is 448 g/mol. The lowest BCUT2D eigenvalue weighted by Crippen LogP contribution is -2.45. The Morgan fingerprint density at radius 2 is 1.91 bits per heavy atom. The Morgan fingerprint density at radius 1 is 1.15 bits per heavy atom. The molecule has 2 aliphatic heterocycles. The number of amides is 3. The minimum absolute atomic E-state index is 0.0782. The van der Waals surface area contributed by atoms with Crippen molar-refractivity contribution in [3.63, 3.8) is 0 Å². The van der Waals surface area contributed by atoms with Crippen molar-refractivity contribution in [1.82, 2.24) is 15.6 Å². The highest BCUT2D eigenvalue weighted by molar-refractivity contribution is 6.39. The van der Waals surface area contributed by atoms with E-state index in [0.29, 0.717) is 38.1 Å². The number of para-hydroxylation sites is 1. The molecule has 2 aromatic rings. The molecule has 1 saturated heterocycles. The van der Waals surface area contributed by atoms with E-state index in [1.165, 1.54) is 0 Å². The fraction of sp³-hybridized carbons (Fsp3) is 0.360. The van der Waals surface area contributed by atoms with Gasteiger partial charge in [0.1, 0.15) is 11.5 Å². The summed E-state index contributed by atoms with van der Waals surface area (Å²) >= 11 is 0. The van der Waals surface area contributed by atoms with E-state index in [0.717, 1.165) is 22.4 Å². The molecule has 2 heterocycles. The largest absolute Gasteiger partial charge is 0.496 e. The second-order valence-electron chi connectivity index (χ2n) is 8.50. The van der Waals surface area contributed by atoms with Gasteiger partial charge in [-0.15, -0.1) is 0 Å². The maximum Gasteiger partial charge on any atom is 0.270 e. The van der Waals surface area contributed by atoms with Crippen molar-refractivity contribution in [3.05, 3.63) is 54.1 Å². The Hall–Kier alpha value is -3.68. The smallest absolute Gasteiger partial charge is 0.270 e.